The highest BCUT2D eigenvalue weighted by Crippen LogP contribution is 2.25. The summed E-state index contributed by atoms with van der Waals surface area (Å²) in [6.07, 6.45) is 1.22. The van der Waals surface area contributed by atoms with Gasteiger partial charge in [0.15, 0.2) is 0 Å². The zero-order valence-corrected chi connectivity index (χ0v) is 23.9. The van der Waals surface area contributed by atoms with Crippen molar-refractivity contribution < 1.29 is 9.59 Å². The lowest BCUT2D eigenvalue weighted by Crippen LogP contribution is -2.52. The molecule has 3 rings (SSSR count). The minimum absolute atomic E-state index is 0.00335. The summed E-state index contributed by atoms with van der Waals surface area (Å²) in [5.41, 5.74) is 4.18. The average Bonchev–Trinajstić information content (AvgIpc) is 2.89. The van der Waals surface area contributed by atoms with Crippen molar-refractivity contribution in [2.45, 2.75) is 58.0 Å². The number of halogens is 2. The standard InChI is InChI=1S/C30H34Cl2N2O2S/c1-4-22(3)33-30(36)28(17-23-8-6-5-7-9-23)34(18-25-14-15-26(31)27(32)16-25)29(35)20-37-19-24-12-10-21(2)11-13-24/h5-16,22,28H,4,17-20H2,1-3H3,(H,33,36)/t22-,28+/m1/s1. The number of hydrogen-bond acceptors (Lipinski definition) is 3. The molecule has 0 saturated carbocycles. The first-order chi connectivity index (χ1) is 17.8. The summed E-state index contributed by atoms with van der Waals surface area (Å²) in [4.78, 5) is 28.9. The lowest BCUT2D eigenvalue weighted by Gasteiger charge is -2.32. The zero-order valence-electron chi connectivity index (χ0n) is 21.5. The van der Waals surface area contributed by atoms with Crippen molar-refractivity contribution in [2.75, 3.05) is 5.75 Å². The molecular weight excluding hydrogens is 523 g/mol. The Morgan fingerprint density at radius 2 is 1.59 bits per heavy atom. The second kappa shape index (κ2) is 14.5. The molecule has 0 aliphatic rings. The lowest BCUT2D eigenvalue weighted by atomic mass is 10.0. The number of carbonyl (C=O) groups excluding carboxylic acids is 2. The molecule has 0 radical (unpaired) electrons. The highest BCUT2D eigenvalue weighted by atomic mass is 35.5. The van der Waals surface area contributed by atoms with Gasteiger partial charge in [0.1, 0.15) is 6.04 Å². The van der Waals surface area contributed by atoms with Crippen LogP contribution in [0.3, 0.4) is 0 Å². The van der Waals surface area contributed by atoms with Gasteiger partial charge in [-0.05, 0) is 49.1 Å². The van der Waals surface area contributed by atoms with Gasteiger partial charge in [0, 0.05) is 24.8 Å². The summed E-state index contributed by atoms with van der Waals surface area (Å²) >= 11 is 14.0. The summed E-state index contributed by atoms with van der Waals surface area (Å²) in [5, 5.41) is 3.96. The fraction of sp³-hybridized carbons (Fsp3) is 0.333. The van der Waals surface area contributed by atoms with Gasteiger partial charge in [0.25, 0.3) is 0 Å². The Morgan fingerprint density at radius 3 is 2.24 bits per heavy atom. The fourth-order valence-corrected chi connectivity index (χ4v) is 5.04. The van der Waals surface area contributed by atoms with E-state index < -0.39 is 6.04 Å². The highest BCUT2D eigenvalue weighted by molar-refractivity contribution is 7.99. The van der Waals surface area contributed by atoms with Crippen LogP contribution >= 0.6 is 35.0 Å². The van der Waals surface area contributed by atoms with Gasteiger partial charge in [-0.25, -0.2) is 0 Å². The SMILES string of the molecule is CC[C@@H](C)NC(=O)[C@H](Cc1ccccc1)N(Cc1ccc(Cl)c(Cl)c1)C(=O)CSCc1ccc(C)cc1. The first-order valence-corrected chi connectivity index (χ1v) is 14.4. The molecule has 0 fully saturated rings. The average molecular weight is 558 g/mol. The summed E-state index contributed by atoms with van der Waals surface area (Å²) in [5.74, 6) is 0.727. The highest BCUT2D eigenvalue weighted by Gasteiger charge is 2.31. The number of thioether (sulfide) groups is 1. The van der Waals surface area contributed by atoms with Crippen LogP contribution in [0.2, 0.25) is 10.0 Å². The Kier molecular flexibility index (Phi) is 11.4. The Hall–Kier alpha value is -2.47. The summed E-state index contributed by atoms with van der Waals surface area (Å²) in [7, 11) is 0. The van der Waals surface area contributed by atoms with E-state index in [1.807, 2.05) is 50.2 Å². The molecule has 0 unspecified atom stereocenters. The third-order valence-corrected chi connectivity index (χ3v) is 7.95. The van der Waals surface area contributed by atoms with Crippen LogP contribution < -0.4 is 5.32 Å². The predicted octanol–water partition coefficient (Wildman–Crippen LogP) is 7.09. The second-order valence-electron chi connectivity index (χ2n) is 9.27. The molecule has 4 nitrogen and oxygen atoms in total. The Morgan fingerprint density at radius 1 is 0.919 bits per heavy atom. The van der Waals surface area contributed by atoms with Crippen LogP contribution in [0.15, 0.2) is 72.8 Å². The van der Waals surface area contributed by atoms with Gasteiger partial charge < -0.3 is 10.2 Å². The van der Waals surface area contributed by atoms with E-state index in [9.17, 15) is 9.59 Å². The number of rotatable bonds is 12. The maximum Gasteiger partial charge on any atom is 0.243 e. The van der Waals surface area contributed by atoms with Crippen molar-refractivity contribution >= 4 is 46.8 Å². The van der Waals surface area contributed by atoms with Gasteiger partial charge in [0.2, 0.25) is 11.8 Å². The predicted molar refractivity (Wildman–Crippen MR) is 156 cm³/mol. The Labute approximate surface area is 234 Å². The molecule has 0 heterocycles. The Balaban J connectivity index is 1.87. The molecule has 7 heteroatoms. The van der Waals surface area contributed by atoms with Crippen molar-refractivity contribution in [1.82, 2.24) is 10.2 Å². The van der Waals surface area contributed by atoms with E-state index in [0.717, 1.165) is 28.9 Å². The molecule has 2 amide bonds. The van der Waals surface area contributed by atoms with Crippen LogP contribution in [0.25, 0.3) is 0 Å². The van der Waals surface area contributed by atoms with Crippen molar-refractivity contribution in [3.63, 3.8) is 0 Å². The number of nitrogens with zero attached hydrogens (tertiary/aromatic N) is 1. The molecule has 0 saturated heterocycles. The monoisotopic (exact) mass is 556 g/mol. The van der Waals surface area contributed by atoms with Crippen LogP contribution in [0, 0.1) is 6.92 Å². The number of benzene rings is 3. The van der Waals surface area contributed by atoms with Crippen LogP contribution in [0.4, 0.5) is 0 Å². The number of amides is 2. The minimum Gasteiger partial charge on any atom is -0.352 e. The molecule has 37 heavy (non-hydrogen) atoms. The molecule has 0 aliphatic carbocycles. The second-order valence-corrected chi connectivity index (χ2v) is 11.1. The normalized spacial score (nSPS) is 12.6. The van der Waals surface area contributed by atoms with E-state index in [0.29, 0.717) is 16.5 Å². The van der Waals surface area contributed by atoms with Gasteiger partial charge in [-0.2, -0.15) is 0 Å². The zero-order chi connectivity index (χ0) is 26.8. The summed E-state index contributed by atoms with van der Waals surface area (Å²) in [6, 6.07) is 22.8. The third-order valence-electron chi connectivity index (χ3n) is 6.22. The molecule has 0 aromatic heterocycles. The fourth-order valence-electron chi connectivity index (χ4n) is 3.85. The van der Waals surface area contributed by atoms with Crippen LogP contribution in [-0.4, -0.2) is 34.6 Å². The van der Waals surface area contributed by atoms with Gasteiger partial charge in [-0.1, -0.05) is 96.4 Å². The maximum absolute atomic E-state index is 13.7. The van der Waals surface area contributed by atoms with Gasteiger partial charge in [0.05, 0.1) is 15.8 Å². The molecule has 3 aromatic carbocycles. The third kappa shape index (κ3) is 9.10. The van der Waals surface area contributed by atoms with E-state index in [2.05, 4.69) is 36.5 Å². The Bertz CT molecular complexity index is 1170. The van der Waals surface area contributed by atoms with E-state index in [1.165, 1.54) is 5.56 Å². The minimum atomic E-state index is -0.668. The quantitative estimate of drug-likeness (QED) is 0.259. The first-order valence-electron chi connectivity index (χ1n) is 12.5. The molecule has 0 bridgehead atoms. The molecule has 0 spiro atoms. The first kappa shape index (κ1) is 29.1. The van der Waals surface area contributed by atoms with E-state index >= 15 is 0 Å². The smallest absolute Gasteiger partial charge is 0.243 e. The van der Waals surface area contributed by atoms with Crippen molar-refractivity contribution in [3.05, 3.63) is 105 Å². The number of hydrogen-bond donors (Lipinski definition) is 1. The molecule has 196 valence electrons. The molecule has 1 N–H and O–H groups in total. The topological polar surface area (TPSA) is 49.4 Å². The molecule has 2 atom stereocenters. The van der Waals surface area contributed by atoms with Crippen LogP contribution in [-0.2, 0) is 28.3 Å². The lowest BCUT2D eigenvalue weighted by molar-refractivity contribution is -0.139. The van der Waals surface area contributed by atoms with Gasteiger partial charge in [-0.15, -0.1) is 11.8 Å². The van der Waals surface area contributed by atoms with Crippen molar-refractivity contribution in [1.29, 1.82) is 0 Å². The van der Waals surface area contributed by atoms with E-state index in [1.54, 1.807) is 28.8 Å². The van der Waals surface area contributed by atoms with Gasteiger partial charge >= 0.3 is 0 Å². The van der Waals surface area contributed by atoms with Crippen LogP contribution in [0.1, 0.15) is 42.5 Å². The molecule has 3 aromatic rings. The van der Waals surface area contributed by atoms with Crippen LogP contribution in [0.5, 0.6) is 0 Å². The maximum atomic E-state index is 13.7. The molecule has 0 aliphatic heterocycles. The van der Waals surface area contributed by atoms with E-state index in [-0.39, 0.29) is 30.2 Å². The van der Waals surface area contributed by atoms with Gasteiger partial charge in [-0.3, -0.25) is 9.59 Å². The molecular formula is C30H34Cl2N2O2S. The summed E-state index contributed by atoms with van der Waals surface area (Å²) < 4.78 is 0. The van der Waals surface area contributed by atoms with Crippen molar-refractivity contribution in [3.8, 4) is 0 Å². The number of aryl methyl sites for hydroxylation is 1. The van der Waals surface area contributed by atoms with E-state index in [4.69, 9.17) is 23.2 Å². The summed E-state index contributed by atoms with van der Waals surface area (Å²) in [6.45, 7) is 6.31. The largest absolute Gasteiger partial charge is 0.352 e. The van der Waals surface area contributed by atoms with Crippen molar-refractivity contribution in [2.24, 2.45) is 0 Å². The number of carbonyl (C=O) groups is 2. The number of nitrogens with one attached hydrogen (secondary N) is 1.